The molecule has 0 saturated carbocycles. The van der Waals surface area contributed by atoms with E-state index in [9.17, 15) is 14.4 Å². The highest BCUT2D eigenvalue weighted by Crippen LogP contribution is 2.32. The summed E-state index contributed by atoms with van der Waals surface area (Å²) in [5, 5.41) is 12.3. The summed E-state index contributed by atoms with van der Waals surface area (Å²) in [6.45, 7) is 2.22. The zero-order chi connectivity index (χ0) is 20.1. The van der Waals surface area contributed by atoms with E-state index in [0.29, 0.717) is 41.5 Å². The van der Waals surface area contributed by atoms with Gasteiger partial charge in [0.15, 0.2) is 0 Å². The largest absolute Gasteiger partial charge is 0.480 e. The van der Waals surface area contributed by atoms with Gasteiger partial charge in [-0.3, -0.25) is 14.4 Å². The van der Waals surface area contributed by atoms with Gasteiger partial charge in [-0.05, 0) is 38.0 Å². The van der Waals surface area contributed by atoms with Crippen molar-refractivity contribution in [3.8, 4) is 0 Å². The van der Waals surface area contributed by atoms with Crippen LogP contribution in [0.15, 0.2) is 18.2 Å². The number of nitrogens with one attached hydrogen (secondary N) is 1. The summed E-state index contributed by atoms with van der Waals surface area (Å²) in [7, 11) is 0. The quantitative estimate of drug-likeness (QED) is 0.550. The van der Waals surface area contributed by atoms with E-state index < -0.39 is 12.0 Å². The highest BCUT2D eigenvalue weighted by atomic mass is 35.5. The van der Waals surface area contributed by atoms with Gasteiger partial charge in [0.2, 0.25) is 11.8 Å². The highest BCUT2D eigenvalue weighted by Gasteiger charge is 2.28. The summed E-state index contributed by atoms with van der Waals surface area (Å²) in [5.41, 5.74) is 0.469. The van der Waals surface area contributed by atoms with Crippen molar-refractivity contribution in [2.24, 2.45) is 5.92 Å². The van der Waals surface area contributed by atoms with E-state index in [4.69, 9.17) is 39.9 Å². The number of carbonyl (C=O) groups is 3. The fourth-order valence-electron chi connectivity index (χ4n) is 2.71. The third-order valence-corrected chi connectivity index (χ3v) is 5.53. The van der Waals surface area contributed by atoms with Crippen LogP contribution in [0.2, 0.25) is 15.1 Å². The Morgan fingerprint density at radius 1 is 1.19 bits per heavy atom. The molecule has 1 saturated heterocycles. The minimum Gasteiger partial charge on any atom is -0.480 e. The van der Waals surface area contributed by atoms with Gasteiger partial charge >= 0.3 is 5.97 Å². The van der Waals surface area contributed by atoms with Gasteiger partial charge in [0.1, 0.15) is 6.04 Å². The third-order valence-electron chi connectivity index (χ3n) is 4.38. The van der Waals surface area contributed by atoms with Crippen LogP contribution in [0.5, 0.6) is 0 Å². The molecule has 1 aromatic rings. The number of likely N-dealkylation sites (tertiary alicyclic amines) is 1. The number of benzene rings is 1. The molecule has 1 heterocycles. The van der Waals surface area contributed by atoms with Crippen LogP contribution in [0.1, 0.15) is 25.3 Å². The fourth-order valence-corrected chi connectivity index (χ4v) is 3.37. The van der Waals surface area contributed by atoms with Gasteiger partial charge in [0.05, 0.1) is 10.0 Å². The number of hydrogen-bond acceptors (Lipinski definition) is 3. The Morgan fingerprint density at radius 3 is 2.37 bits per heavy atom. The molecular weight excluding hydrogens is 415 g/mol. The molecule has 146 valence electrons. The Kier molecular flexibility index (Phi) is 7.53. The fraction of sp³-hybridized carbons (Fsp3) is 0.389. The Morgan fingerprint density at radius 2 is 1.78 bits per heavy atom. The maximum absolute atomic E-state index is 12.4. The second-order valence-corrected chi connectivity index (χ2v) is 7.45. The van der Waals surface area contributed by atoms with Crippen molar-refractivity contribution in [3.63, 3.8) is 0 Å². The molecular formula is C18H19Cl3N2O4. The summed E-state index contributed by atoms with van der Waals surface area (Å²) in [4.78, 5) is 36.9. The molecule has 1 aliphatic rings. The van der Waals surface area contributed by atoms with Crippen molar-refractivity contribution in [3.05, 3.63) is 38.8 Å². The summed E-state index contributed by atoms with van der Waals surface area (Å²) in [6, 6.07) is 2.24. The molecule has 9 heteroatoms. The number of carboxylic acid groups (broad SMARTS) is 1. The normalized spacial score (nSPS) is 16.4. The molecule has 0 radical (unpaired) electrons. The SMILES string of the molecule is CC(NC(=O)C1CCN(C(=O)C=Cc2c(Cl)ccc(Cl)c2Cl)CC1)C(=O)O. The van der Waals surface area contributed by atoms with Crippen LogP contribution in [0, 0.1) is 5.92 Å². The number of halogens is 3. The van der Waals surface area contributed by atoms with E-state index in [1.807, 2.05) is 0 Å². The first kappa shape index (κ1) is 21.5. The van der Waals surface area contributed by atoms with Gasteiger partial charge in [-0.1, -0.05) is 34.8 Å². The van der Waals surface area contributed by atoms with Gasteiger partial charge in [0, 0.05) is 35.7 Å². The van der Waals surface area contributed by atoms with E-state index in [0.717, 1.165) is 0 Å². The van der Waals surface area contributed by atoms with Crippen LogP contribution < -0.4 is 5.32 Å². The lowest BCUT2D eigenvalue weighted by Gasteiger charge is -2.31. The maximum atomic E-state index is 12.4. The van der Waals surface area contributed by atoms with Crippen molar-refractivity contribution in [2.45, 2.75) is 25.8 Å². The second-order valence-electron chi connectivity index (χ2n) is 6.26. The van der Waals surface area contributed by atoms with Gasteiger partial charge in [-0.2, -0.15) is 0 Å². The zero-order valence-corrected chi connectivity index (χ0v) is 16.8. The van der Waals surface area contributed by atoms with E-state index in [1.54, 1.807) is 17.0 Å². The molecule has 0 aromatic heterocycles. The molecule has 1 fully saturated rings. The van der Waals surface area contributed by atoms with Crippen molar-refractivity contribution in [1.29, 1.82) is 0 Å². The van der Waals surface area contributed by atoms with Crippen LogP contribution >= 0.6 is 34.8 Å². The lowest BCUT2D eigenvalue weighted by molar-refractivity contribution is -0.142. The lowest BCUT2D eigenvalue weighted by atomic mass is 9.95. The summed E-state index contributed by atoms with van der Waals surface area (Å²) in [5.74, 6) is -1.92. The van der Waals surface area contributed by atoms with Gasteiger partial charge < -0.3 is 15.3 Å². The molecule has 1 aliphatic heterocycles. The Hall–Kier alpha value is -1.76. The third kappa shape index (κ3) is 5.61. The average molecular weight is 434 g/mol. The number of piperidine rings is 1. The molecule has 0 spiro atoms. The Balaban J connectivity index is 1.93. The van der Waals surface area contributed by atoms with Gasteiger partial charge in [-0.25, -0.2) is 0 Å². The molecule has 6 nitrogen and oxygen atoms in total. The van der Waals surface area contributed by atoms with E-state index in [2.05, 4.69) is 5.32 Å². The monoisotopic (exact) mass is 432 g/mol. The number of nitrogens with zero attached hydrogens (tertiary/aromatic N) is 1. The molecule has 2 amide bonds. The standard InChI is InChI=1S/C18H19Cl3N2O4/c1-10(18(26)27)22-17(25)11-6-8-23(9-7-11)15(24)5-2-12-13(19)3-4-14(20)16(12)21/h2-5,10-11H,6-9H2,1H3,(H,22,25)(H,26,27). The number of carboxylic acids is 1. The number of rotatable bonds is 5. The zero-order valence-electron chi connectivity index (χ0n) is 14.5. The number of hydrogen-bond donors (Lipinski definition) is 2. The van der Waals surface area contributed by atoms with Crippen molar-refractivity contribution < 1.29 is 19.5 Å². The van der Waals surface area contributed by atoms with E-state index >= 15 is 0 Å². The predicted octanol–water partition coefficient (Wildman–Crippen LogP) is 3.49. The molecule has 0 bridgehead atoms. The average Bonchev–Trinajstić information content (AvgIpc) is 2.64. The molecule has 0 aliphatic carbocycles. The van der Waals surface area contributed by atoms with Crippen LogP contribution in [-0.4, -0.2) is 46.9 Å². The van der Waals surface area contributed by atoms with E-state index in [-0.39, 0.29) is 22.8 Å². The van der Waals surface area contributed by atoms with Crippen molar-refractivity contribution in [2.75, 3.05) is 13.1 Å². The van der Waals surface area contributed by atoms with Gasteiger partial charge in [-0.15, -0.1) is 0 Å². The Labute approximate surface area is 172 Å². The molecule has 27 heavy (non-hydrogen) atoms. The lowest BCUT2D eigenvalue weighted by Crippen LogP contribution is -2.46. The molecule has 1 aromatic carbocycles. The minimum absolute atomic E-state index is 0.222. The maximum Gasteiger partial charge on any atom is 0.325 e. The molecule has 2 N–H and O–H groups in total. The highest BCUT2D eigenvalue weighted by molar-refractivity contribution is 6.44. The number of amides is 2. The smallest absolute Gasteiger partial charge is 0.325 e. The summed E-state index contributed by atoms with van der Waals surface area (Å²) in [6.07, 6.45) is 3.83. The van der Waals surface area contributed by atoms with Gasteiger partial charge in [0.25, 0.3) is 0 Å². The first-order chi connectivity index (χ1) is 12.7. The minimum atomic E-state index is -1.08. The molecule has 1 unspecified atom stereocenters. The predicted molar refractivity (Wildman–Crippen MR) is 105 cm³/mol. The van der Waals surface area contributed by atoms with Crippen LogP contribution in [0.3, 0.4) is 0 Å². The van der Waals surface area contributed by atoms with E-state index in [1.165, 1.54) is 19.1 Å². The first-order valence-corrected chi connectivity index (χ1v) is 9.47. The summed E-state index contributed by atoms with van der Waals surface area (Å²) < 4.78 is 0. The Bertz CT molecular complexity index is 774. The van der Waals surface area contributed by atoms with Crippen molar-refractivity contribution in [1.82, 2.24) is 10.2 Å². The second kappa shape index (κ2) is 9.44. The number of carbonyl (C=O) groups excluding carboxylic acids is 2. The topological polar surface area (TPSA) is 86.7 Å². The first-order valence-electron chi connectivity index (χ1n) is 8.34. The summed E-state index contributed by atoms with van der Waals surface area (Å²) >= 11 is 18.1. The van der Waals surface area contributed by atoms with Crippen LogP contribution in [0.4, 0.5) is 0 Å². The molecule has 1 atom stereocenters. The molecule has 2 rings (SSSR count). The number of aliphatic carboxylic acids is 1. The van der Waals surface area contributed by atoms with Crippen LogP contribution in [0.25, 0.3) is 6.08 Å². The van der Waals surface area contributed by atoms with Crippen molar-refractivity contribution >= 4 is 58.7 Å². The van der Waals surface area contributed by atoms with Crippen LogP contribution in [-0.2, 0) is 14.4 Å².